The van der Waals surface area contributed by atoms with E-state index < -0.39 is 4.92 Å². The van der Waals surface area contributed by atoms with E-state index in [0.29, 0.717) is 18.3 Å². The fraction of sp³-hybridized carbons (Fsp3) is 0.615. The van der Waals surface area contributed by atoms with Gasteiger partial charge in [0, 0.05) is 31.4 Å². The summed E-state index contributed by atoms with van der Waals surface area (Å²) in [4.78, 5) is 16.6. The molecule has 7 heteroatoms. The van der Waals surface area contributed by atoms with E-state index in [0.717, 1.165) is 19.8 Å². The molecule has 0 amide bonds. The second kappa shape index (κ2) is 6.62. The summed E-state index contributed by atoms with van der Waals surface area (Å²) >= 11 is 0. The number of ether oxygens (including phenoxy) is 1. The summed E-state index contributed by atoms with van der Waals surface area (Å²) in [7, 11) is 0. The number of pyridine rings is 1. The predicted octanol–water partition coefficient (Wildman–Crippen LogP) is 1.51. The van der Waals surface area contributed by atoms with E-state index in [1.807, 2.05) is 0 Å². The van der Waals surface area contributed by atoms with Gasteiger partial charge in [-0.05, 0) is 19.9 Å². The normalized spacial score (nSPS) is 21.4. The van der Waals surface area contributed by atoms with Crippen LogP contribution >= 0.6 is 0 Å². The molecule has 2 atom stereocenters. The highest BCUT2D eigenvalue weighted by molar-refractivity contribution is 5.59. The molecule has 110 valence electrons. The topological polar surface area (TPSA) is 80.5 Å². The molecule has 0 saturated carbocycles. The molecule has 1 aromatic rings. The number of hydrogen-bond acceptors (Lipinski definition) is 6. The fourth-order valence-electron chi connectivity index (χ4n) is 2.45. The number of nitrogens with one attached hydrogen (secondary N) is 1. The fourth-order valence-corrected chi connectivity index (χ4v) is 2.45. The van der Waals surface area contributed by atoms with Gasteiger partial charge in [0.1, 0.15) is 11.9 Å². The molecule has 0 bridgehead atoms. The third-order valence-electron chi connectivity index (χ3n) is 3.57. The van der Waals surface area contributed by atoms with Crippen molar-refractivity contribution in [2.24, 2.45) is 0 Å². The summed E-state index contributed by atoms with van der Waals surface area (Å²) < 4.78 is 5.42. The zero-order valence-electron chi connectivity index (χ0n) is 11.8. The summed E-state index contributed by atoms with van der Waals surface area (Å²) in [6, 6.07) is 2.28. The maximum absolute atomic E-state index is 10.9. The lowest BCUT2D eigenvalue weighted by molar-refractivity contribution is -0.384. The molecular weight excluding hydrogens is 260 g/mol. The minimum absolute atomic E-state index is 0.00901. The predicted molar refractivity (Wildman–Crippen MR) is 75.8 cm³/mol. The van der Waals surface area contributed by atoms with Gasteiger partial charge in [0.05, 0.1) is 18.1 Å². The highest BCUT2D eigenvalue weighted by Gasteiger charge is 2.24. The Kier molecular flexibility index (Phi) is 4.86. The van der Waals surface area contributed by atoms with Crippen molar-refractivity contribution < 1.29 is 9.66 Å². The van der Waals surface area contributed by atoms with Gasteiger partial charge in [0.2, 0.25) is 0 Å². The number of morpholine rings is 1. The second-order valence-corrected chi connectivity index (χ2v) is 5.04. The Hall–Kier alpha value is -1.73. The maximum atomic E-state index is 10.9. The third kappa shape index (κ3) is 3.43. The summed E-state index contributed by atoms with van der Waals surface area (Å²) in [5.41, 5.74) is 0.521. The molecule has 0 spiro atoms. The lowest BCUT2D eigenvalue weighted by atomic mass is 10.2. The quantitative estimate of drug-likeness (QED) is 0.650. The zero-order valence-corrected chi connectivity index (χ0v) is 11.8. The molecule has 1 fully saturated rings. The van der Waals surface area contributed by atoms with Crippen molar-refractivity contribution in [1.82, 2.24) is 9.88 Å². The molecule has 7 nitrogen and oxygen atoms in total. The first-order valence-electron chi connectivity index (χ1n) is 6.75. The van der Waals surface area contributed by atoms with Crippen LogP contribution in [-0.4, -0.2) is 53.2 Å². The van der Waals surface area contributed by atoms with Gasteiger partial charge in [-0.1, -0.05) is 0 Å². The monoisotopic (exact) mass is 280 g/mol. The van der Waals surface area contributed by atoms with Crippen molar-refractivity contribution in [2.45, 2.75) is 25.9 Å². The van der Waals surface area contributed by atoms with Gasteiger partial charge in [-0.2, -0.15) is 0 Å². The highest BCUT2D eigenvalue weighted by atomic mass is 16.6. The van der Waals surface area contributed by atoms with Crippen LogP contribution in [0.15, 0.2) is 18.5 Å². The van der Waals surface area contributed by atoms with Crippen LogP contribution in [0.25, 0.3) is 0 Å². The maximum Gasteiger partial charge on any atom is 0.310 e. The molecule has 1 N–H and O–H groups in total. The van der Waals surface area contributed by atoms with Crippen LogP contribution in [0.4, 0.5) is 11.4 Å². The molecule has 0 aliphatic carbocycles. The van der Waals surface area contributed by atoms with Crippen molar-refractivity contribution >= 4 is 11.4 Å². The first kappa shape index (κ1) is 14.7. The Morgan fingerprint density at radius 1 is 1.70 bits per heavy atom. The molecule has 0 aromatic carbocycles. The number of nitrogens with zero attached hydrogens (tertiary/aromatic N) is 3. The van der Waals surface area contributed by atoms with E-state index in [1.54, 1.807) is 12.3 Å². The van der Waals surface area contributed by atoms with E-state index in [9.17, 15) is 10.1 Å². The SMILES string of the molecule is C[C@@H]1COCCN1[C@@H](C)CNc1ccncc1[N+](=O)[O-]. The minimum atomic E-state index is -0.419. The lowest BCUT2D eigenvalue weighted by Gasteiger charge is -2.38. The lowest BCUT2D eigenvalue weighted by Crippen LogP contribution is -2.50. The Bertz CT molecular complexity index is 469. The van der Waals surface area contributed by atoms with Gasteiger partial charge in [-0.25, -0.2) is 0 Å². The van der Waals surface area contributed by atoms with Crippen LogP contribution < -0.4 is 5.32 Å². The van der Waals surface area contributed by atoms with Gasteiger partial charge in [0.15, 0.2) is 0 Å². The Balaban J connectivity index is 1.96. The molecule has 20 heavy (non-hydrogen) atoms. The number of anilines is 1. The molecule has 1 aromatic heterocycles. The molecular formula is C13H20N4O3. The van der Waals surface area contributed by atoms with Crippen molar-refractivity contribution in [1.29, 1.82) is 0 Å². The summed E-state index contributed by atoms with van der Waals surface area (Å²) in [6.45, 7) is 7.26. The van der Waals surface area contributed by atoms with Gasteiger partial charge < -0.3 is 10.1 Å². The van der Waals surface area contributed by atoms with E-state index in [4.69, 9.17) is 4.74 Å². The van der Waals surface area contributed by atoms with Crippen LogP contribution in [-0.2, 0) is 4.74 Å². The van der Waals surface area contributed by atoms with Crippen molar-refractivity contribution in [3.05, 3.63) is 28.6 Å². The molecule has 0 radical (unpaired) electrons. The van der Waals surface area contributed by atoms with Crippen LogP contribution in [0.5, 0.6) is 0 Å². The van der Waals surface area contributed by atoms with Crippen molar-refractivity contribution in [3.8, 4) is 0 Å². The number of hydrogen-bond donors (Lipinski definition) is 1. The molecule has 2 heterocycles. The smallest absolute Gasteiger partial charge is 0.310 e. The zero-order chi connectivity index (χ0) is 14.5. The molecule has 0 unspecified atom stereocenters. The number of aromatic nitrogens is 1. The van der Waals surface area contributed by atoms with Crippen LogP contribution in [0.3, 0.4) is 0 Å². The summed E-state index contributed by atoms with van der Waals surface area (Å²) in [5.74, 6) is 0. The minimum Gasteiger partial charge on any atom is -0.379 e. The van der Waals surface area contributed by atoms with E-state index in [-0.39, 0.29) is 11.7 Å². The van der Waals surface area contributed by atoms with E-state index in [2.05, 4.69) is 29.0 Å². The summed E-state index contributed by atoms with van der Waals surface area (Å²) in [5, 5.41) is 14.1. The highest BCUT2D eigenvalue weighted by Crippen LogP contribution is 2.22. The average Bonchev–Trinajstić information content (AvgIpc) is 2.45. The van der Waals surface area contributed by atoms with E-state index >= 15 is 0 Å². The standard InChI is InChI=1S/C13H20N4O3/c1-10(16-5-6-20-9-11(16)2)7-15-12-3-4-14-8-13(12)17(18)19/h3-4,8,10-11H,5-7,9H2,1-2H3,(H,14,15)/t10-,11+/m0/s1. The van der Waals surface area contributed by atoms with Crippen LogP contribution in [0.1, 0.15) is 13.8 Å². The van der Waals surface area contributed by atoms with Gasteiger partial charge in [-0.15, -0.1) is 0 Å². The van der Waals surface area contributed by atoms with E-state index in [1.165, 1.54) is 6.20 Å². The number of nitro groups is 1. The van der Waals surface area contributed by atoms with Gasteiger partial charge >= 0.3 is 5.69 Å². The first-order chi connectivity index (χ1) is 9.59. The van der Waals surface area contributed by atoms with Gasteiger partial charge in [0.25, 0.3) is 0 Å². The second-order valence-electron chi connectivity index (χ2n) is 5.04. The van der Waals surface area contributed by atoms with Crippen molar-refractivity contribution in [3.63, 3.8) is 0 Å². The largest absolute Gasteiger partial charge is 0.379 e. The summed E-state index contributed by atoms with van der Waals surface area (Å²) in [6.07, 6.45) is 2.82. The first-order valence-corrected chi connectivity index (χ1v) is 6.75. The Morgan fingerprint density at radius 2 is 2.50 bits per heavy atom. The van der Waals surface area contributed by atoms with Crippen LogP contribution in [0, 0.1) is 10.1 Å². The van der Waals surface area contributed by atoms with Gasteiger partial charge in [-0.3, -0.25) is 20.0 Å². The molecule has 1 aliphatic rings. The Morgan fingerprint density at radius 3 is 3.20 bits per heavy atom. The average molecular weight is 280 g/mol. The van der Waals surface area contributed by atoms with Crippen molar-refractivity contribution in [2.75, 3.05) is 31.6 Å². The molecule has 2 rings (SSSR count). The molecule has 1 aliphatic heterocycles. The van der Waals surface area contributed by atoms with Crippen LogP contribution in [0.2, 0.25) is 0 Å². The third-order valence-corrected chi connectivity index (χ3v) is 3.57. The Labute approximate surface area is 118 Å². The number of rotatable bonds is 5. The molecule has 1 saturated heterocycles.